The van der Waals surface area contributed by atoms with Crippen LogP contribution in [0, 0.1) is 6.92 Å². The van der Waals surface area contributed by atoms with Crippen molar-refractivity contribution in [3.05, 3.63) is 46.8 Å². The quantitative estimate of drug-likeness (QED) is 0.832. The van der Waals surface area contributed by atoms with Gasteiger partial charge in [-0.05, 0) is 50.2 Å². The van der Waals surface area contributed by atoms with E-state index in [9.17, 15) is 0 Å². The molecular formula is C19H26N2S. The van der Waals surface area contributed by atoms with Gasteiger partial charge in [-0.25, -0.2) is 0 Å². The summed E-state index contributed by atoms with van der Waals surface area (Å²) < 4.78 is 0. The van der Waals surface area contributed by atoms with E-state index in [2.05, 4.69) is 60.0 Å². The van der Waals surface area contributed by atoms with Crippen molar-refractivity contribution in [2.45, 2.75) is 26.8 Å². The molecule has 118 valence electrons. The summed E-state index contributed by atoms with van der Waals surface area (Å²) in [6.07, 6.45) is 1.30. The van der Waals surface area contributed by atoms with Crippen LogP contribution in [0.25, 0.3) is 10.4 Å². The van der Waals surface area contributed by atoms with E-state index in [-0.39, 0.29) is 0 Å². The van der Waals surface area contributed by atoms with E-state index in [0.717, 1.165) is 6.54 Å². The van der Waals surface area contributed by atoms with E-state index in [1.54, 1.807) is 0 Å². The van der Waals surface area contributed by atoms with Gasteiger partial charge in [0.2, 0.25) is 0 Å². The van der Waals surface area contributed by atoms with Crippen molar-refractivity contribution in [1.82, 2.24) is 9.80 Å². The zero-order chi connectivity index (χ0) is 15.4. The van der Waals surface area contributed by atoms with E-state index in [4.69, 9.17) is 0 Å². The molecule has 0 bridgehead atoms. The molecule has 0 atom stereocenters. The number of likely N-dealkylation sites (N-methyl/N-ethyl adjacent to an activating group) is 1. The van der Waals surface area contributed by atoms with Crippen molar-refractivity contribution in [2.75, 3.05) is 32.7 Å². The molecule has 22 heavy (non-hydrogen) atoms. The third-order valence-corrected chi connectivity index (χ3v) is 5.85. The van der Waals surface area contributed by atoms with Crippen LogP contribution in [0.2, 0.25) is 0 Å². The molecular weight excluding hydrogens is 288 g/mol. The van der Waals surface area contributed by atoms with Gasteiger partial charge in [-0.3, -0.25) is 4.90 Å². The summed E-state index contributed by atoms with van der Waals surface area (Å²) >= 11 is 1.96. The maximum Gasteiger partial charge on any atom is 0.0348 e. The van der Waals surface area contributed by atoms with Crippen LogP contribution in [0.3, 0.4) is 0 Å². The van der Waals surface area contributed by atoms with Crippen LogP contribution in [-0.4, -0.2) is 42.5 Å². The van der Waals surface area contributed by atoms with E-state index >= 15 is 0 Å². The van der Waals surface area contributed by atoms with Crippen LogP contribution in [0.4, 0.5) is 0 Å². The topological polar surface area (TPSA) is 6.48 Å². The number of hydrogen-bond acceptors (Lipinski definition) is 3. The first-order valence-corrected chi connectivity index (χ1v) is 9.17. The van der Waals surface area contributed by atoms with Gasteiger partial charge in [0.1, 0.15) is 0 Å². The lowest BCUT2D eigenvalue weighted by Gasteiger charge is -2.20. The second-order valence-corrected chi connectivity index (χ2v) is 7.28. The zero-order valence-corrected chi connectivity index (χ0v) is 14.5. The third kappa shape index (κ3) is 3.78. The average molecular weight is 314 g/mol. The summed E-state index contributed by atoms with van der Waals surface area (Å²) in [6, 6.07) is 13.1. The van der Waals surface area contributed by atoms with Crippen LogP contribution < -0.4 is 0 Å². The molecule has 1 aliphatic rings. The van der Waals surface area contributed by atoms with Gasteiger partial charge >= 0.3 is 0 Å². The highest BCUT2D eigenvalue weighted by atomic mass is 32.1. The first-order valence-electron chi connectivity index (χ1n) is 8.35. The Balaban J connectivity index is 1.69. The van der Waals surface area contributed by atoms with Gasteiger partial charge in [-0.15, -0.1) is 11.3 Å². The van der Waals surface area contributed by atoms with Crippen molar-refractivity contribution in [1.29, 1.82) is 0 Å². The number of aryl methyl sites for hydroxylation is 1. The van der Waals surface area contributed by atoms with Crippen LogP contribution in [-0.2, 0) is 6.54 Å². The standard InChI is InChI=1S/C19H26N2S/c1-3-20-10-7-11-21(13-12-20)15-19-16(2)14-18(22-19)17-8-5-4-6-9-17/h4-6,8-9,14H,3,7,10-13,15H2,1-2H3. The lowest BCUT2D eigenvalue weighted by atomic mass is 10.1. The van der Waals surface area contributed by atoms with Gasteiger partial charge < -0.3 is 4.90 Å². The van der Waals surface area contributed by atoms with Gasteiger partial charge in [-0.2, -0.15) is 0 Å². The van der Waals surface area contributed by atoms with Gasteiger partial charge in [0.25, 0.3) is 0 Å². The zero-order valence-electron chi connectivity index (χ0n) is 13.7. The molecule has 0 spiro atoms. The fourth-order valence-electron chi connectivity index (χ4n) is 3.12. The first kappa shape index (κ1) is 15.7. The molecule has 0 N–H and O–H groups in total. The molecule has 0 radical (unpaired) electrons. The fraction of sp³-hybridized carbons (Fsp3) is 0.474. The third-order valence-electron chi connectivity index (χ3n) is 4.57. The minimum atomic E-state index is 1.11. The SMILES string of the molecule is CCN1CCCN(Cc2sc(-c3ccccc3)cc2C)CC1. The van der Waals surface area contributed by atoms with Gasteiger partial charge in [0.15, 0.2) is 0 Å². The number of hydrogen-bond donors (Lipinski definition) is 0. The molecule has 0 amide bonds. The van der Waals surface area contributed by atoms with E-state index in [1.165, 1.54) is 60.0 Å². The Kier molecular flexibility index (Phi) is 5.29. The smallest absolute Gasteiger partial charge is 0.0348 e. The maximum absolute atomic E-state index is 2.63. The normalized spacial score (nSPS) is 17.5. The first-order chi connectivity index (χ1) is 10.8. The summed E-state index contributed by atoms with van der Waals surface area (Å²) in [5, 5.41) is 0. The molecule has 2 heterocycles. The molecule has 0 aliphatic carbocycles. The number of rotatable bonds is 4. The van der Waals surface area contributed by atoms with Crippen molar-refractivity contribution < 1.29 is 0 Å². The molecule has 3 heteroatoms. The van der Waals surface area contributed by atoms with Crippen molar-refractivity contribution in [2.24, 2.45) is 0 Å². The predicted octanol–water partition coefficient (Wildman–Crippen LogP) is 4.25. The van der Waals surface area contributed by atoms with Crippen LogP contribution in [0.15, 0.2) is 36.4 Å². The lowest BCUT2D eigenvalue weighted by Crippen LogP contribution is -2.30. The number of benzene rings is 1. The Morgan fingerprint density at radius 2 is 1.73 bits per heavy atom. The van der Waals surface area contributed by atoms with E-state index < -0.39 is 0 Å². The summed E-state index contributed by atoms with van der Waals surface area (Å²) in [6.45, 7) is 11.7. The summed E-state index contributed by atoms with van der Waals surface area (Å²) in [4.78, 5) is 8.13. The largest absolute Gasteiger partial charge is 0.302 e. The molecule has 1 aliphatic heterocycles. The lowest BCUT2D eigenvalue weighted by molar-refractivity contribution is 0.259. The molecule has 0 unspecified atom stereocenters. The minimum Gasteiger partial charge on any atom is -0.302 e. The van der Waals surface area contributed by atoms with E-state index in [0.29, 0.717) is 0 Å². The van der Waals surface area contributed by atoms with E-state index in [1.807, 2.05) is 11.3 Å². The van der Waals surface area contributed by atoms with Gasteiger partial charge in [-0.1, -0.05) is 37.3 Å². The summed E-state index contributed by atoms with van der Waals surface area (Å²) in [7, 11) is 0. The molecule has 2 nitrogen and oxygen atoms in total. The number of nitrogens with zero attached hydrogens (tertiary/aromatic N) is 2. The van der Waals surface area contributed by atoms with Crippen LogP contribution >= 0.6 is 11.3 Å². The Morgan fingerprint density at radius 1 is 1.00 bits per heavy atom. The fourth-order valence-corrected chi connectivity index (χ4v) is 4.35. The average Bonchev–Trinajstić information content (AvgIpc) is 2.77. The second-order valence-electron chi connectivity index (χ2n) is 6.15. The molecule has 3 rings (SSSR count). The molecule has 1 saturated heterocycles. The van der Waals surface area contributed by atoms with Crippen molar-refractivity contribution >= 4 is 11.3 Å². The van der Waals surface area contributed by atoms with Crippen LogP contribution in [0.5, 0.6) is 0 Å². The monoisotopic (exact) mass is 314 g/mol. The summed E-state index contributed by atoms with van der Waals surface area (Å²) in [5.41, 5.74) is 2.79. The Hall–Kier alpha value is -1.16. The minimum absolute atomic E-state index is 1.11. The Morgan fingerprint density at radius 3 is 2.50 bits per heavy atom. The molecule has 1 aromatic carbocycles. The molecule has 1 fully saturated rings. The maximum atomic E-state index is 2.63. The van der Waals surface area contributed by atoms with Crippen molar-refractivity contribution in [3.8, 4) is 10.4 Å². The van der Waals surface area contributed by atoms with Crippen LogP contribution in [0.1, 0.15) is 23.8 Å². The molecule has 1 aromatic heterocycles. The van der Waals surface area contributed by atoms with Gasteiger partial charge in [0, 0.05) is 29.4 Å². The highest BCUT2D eigenvalue weighted by Gasteiger charge is 2.16. The second kappa shape index (κ2) is 7.40. The highest BCUT2D eigenvalue weighted by Crippen LogP contribution is 2.32. The van der Waals surface area contributed by atoms with Gasteiger partial charge in [0.05, 0.1) is 0 Å². The Bertz CT molecular complexity index is 591. The summed E-state index contributed by atoms with van der Waals surface area (Å²) in [5.74, 6) is 0. The molecule has 2 aromatic rings. The van der Waals surface area contributed by atoms with Crippen molar-refractivity contribution in [3.63, 3.8) is 0 Å². The Labute approximate surface area is 138 Å². The molecule has 0 saturated carbocycles. The number of thiophene rings is 1. The highest BCUT2D eigenvalue weighted by molar-refractivity contribution is 7.15. The predicted molar refractivity (Wildman–Crippen MR) is 96.5 cm³/mol.